The fourth-order valence-corrected chi connectivity index (χ4v) is 1.83. The molecule has 2 aromatic rings. The molecule has 0 radical (unpaired) electrons. The molecule has 0 aliphatic heterocycles. The number of hydrogen-bond donors (Lipinski definition) is 0. The molecule has 0 bridgehead atoms. The Morgan fingerprint density at radius 1 is 1.00 bits per heavy atom. The molecule has 6 heteroatoms. The molecular formula is C12H6ClF4N. The van der Waals surface area contributed by atoms with Gasteiger partial charge < -0.3 is 0 Å². The van der Waals surface area contributed by atoms with Gasteiger partial charge in [-0.3, -0.25) is 4.98 Å². The van der Waals surface area contributed by atoms with Crippen molar-refractivity contribution in [2.24, 2.45) is 0 Å². The van der Waals surface area contributed by atoms with Gasteiger partial charge in [0.1, 0.15) is 5.82 Å². The maximum absolute atomic E-state index is 12.8. The molecule has 0 saturated heterocycles. The van der Waals surface area contributed by atoms with Gasteiger partial charge in [0, 0.05) is 18.0 Å². The summed E-state index contributed by atoms with van der Waals surface area (Å²) in [6.45, 7) is 0. The van der Waals surface area contributed by atoms with E-state index in [1.807, 2.05) is 0 Å². The fraction of sp³-hybridized carbons (Fsp3) is 0.0833. The lowest BCUT2D eigenvalue weighted by Gasteiger charge is -2.13. The van der Waals surface area contributed by atoms with Gasteiger partial charge in [-0.2, -0.15) is 13.2 Å². The molecule has 1 nitrogen and oxygen atoms in total. The first-order valence-corrected chi connectivity index (χ1v) is 5.24. The molecule has 0 atom stereocenters. The standard InChI is InChI=1S/C12H6ClF4N/c13-10-6-18-5-9(12(15,16)17)11(10)7-1-3-8(14)4-2-7/h1-6H. The van der Waals surface area contributed by atoms with Crippen molar-refractivity contribution in [2.45, 2.75) is 6.18 Å². The molecule has 1 aromatic carbocycles. The average molecular weight is 276 g/mol. The second-order valence-corrected chi connectivity index (χ2v) is 3.96. The normalized spacial score (nSPS) is 11.6. The van der Waals surface area contributed by atoms with Crippen molar-refractivity contribution in [3.05, 3.63) is 53.1 Å². The topological polar surface area (TPSA) is 12.9 Å². The Kier molecular flexibility index (Phi) is 3.26. The molecule has 1 heterocycles. The first kappa shape index (κ1) is 12.8. The lowest BCUT2D eigenvalue weighted by Crippen LogP contribution is -2.08. The van der Waals surface area contributed by atoms with Gasteiger partial charge in [-0.15, -0.1) is 0 Å². The molecule has 0 saturated carbocycles. The van der Waals surface area contributed by atoms with Crippen LogP contribution in [0.5, 0.6) is 0 Å². The summed E-state index contributed by atoms with van der Waals surface area (Å²) in [6, 6.07) is 4.63. The van der Waals surface area contributed by atoms with Gasteiger partial charge in [0.15, 0.2) is 0 Å². The molecule has 0 N–H and O–H groups in total. The molecule has 1 aromatic heterocycles. The average Bonchev–Trinajstić information content (AvgIpc) is 2.29. The van der Waals surface area contributed by atoms with Crippen molar-refractivity contribution in [1.82, 2.24) is 4.98 Å². The van der Waals surface area contributed by atoms with E-state index in [4.69, 9.17) is 11.6 Å². The number of halogens is 5. The lowest BCUT2D eigenvalue weighted by atomic mass is 10.0. The van der Waals surface area contributed by atoms with Gasteiger partial charge in [0.05, 0.1) is 10.6 Å². The minimum atomic E-state index is -4.57. The van der Waals surface area contributed by atoms with Crippen molar-refractivity contribution in [3.63, 3.8) is 0 Å². The van der Waals surface area contributed by atoms with Gasteiger partial charge in [0.2, 0.25) is 0 Å². The van der Waals surface area contributed by atoms with Crippen LogP contribution in [-0.2, 0) is 6.18 Å². The fourth-order valence-electron chi connectivity index (χ4n) is 1.56. The summed E-state index contributed by atoms with van der Waals surface area (Å²) >= 11 is 5.75. The number of alkyl halides is 3. The van der Waals surface area contributed by atoms with Crippen LogP contribution in [0.2, 0.25) is 5.02 Å². The number of aromatic nitrogens is 1. The van der Waals surface area contributed by atoms with E-state index in [0.29, 0.717) is 6.20 Å². The third-order valence-electron chi connectivity index (χ3n) is 2.34. The smallest absolute Gasteiger partial charge is 0.263 e. The van der Waals surface area contributed by atoms with Crippen molar-refractivity contribution in [1.29, 1.82) is 0 Å². The molecule has 0 aliphatic rings. The Hall–Kier alpha value is -1.62. The van der Waals surface area contributed by atoms with Crippen LogP contribution >= 0.6 is 11.6 Å². The predicted molar refractivity (Wildman–Crippen MR) is 59.6 cm³/mol. The van der Waals surface area contributed by atoms with Crippen LogP contribution in [0.1, 0.15) is 5.56 Å². The van der Waals surface area contributed by atoms with Crippen LogP contribution in [0, 0.1) is 5.82 Å². The van der Waals surface area contributed by atoms with Crippen molar-refractivity contribution in [3.8, 4) is 11.1 Å². The third-order valence-corrected chi connectivity index (χ3v) is 2.62. The Morgan fingerprint density at radius 2 is 1.61 bits per heavy atom. The Balaban J connectivity index is 2.66. The monoisotopic (exact) mass is 275 g/mol. The van der Waals surface area contributed by atoms with Crippen molar-refractivity contribution in [2.75, 3.05) is 0 Å². The molecule has 0 amide bonds. The second-order valence-electron chi connectivity index (χ2n) is 3.55. The maximum Gasteiger partial charge on any atom is 0.418 e. The van der Waals surface area contributed by atoms with Crippen molar-refractivity contribution >= 4 is 11.6 Å². The SMILES string of the molecule is Fc1ccc(-c2c(Cl)cncc2C(F)(F)F)cc1. The highest BCUT2D eigenvalue weighted by atomic mass is 35.5. The highest BCUT2D eigenvalue weighted by molar-refractivity contribution is 6.33. The van der Waals surface area contributed by atoms with Crippen LogP contribution in [0.25, 0.3) is 11.1 Å². The first-order chi connectivity index (χ1) is 8.39. The molecule has 0 aliphatic carbocycles. The largest absolute Gasteiger partial charge is 0.418 e. The van der Waals surface area contributed by atoms with Gasteiger partial charge in [-0.05, 0) is 17.7 Å². The Morgan fingerprint density at radius 3 is 2.17 bits per heavy atom. The number of nitrogens with zero attached hydrogens (tertiary/aromatic N) is 1. The zero-order valence-corrected chi connectivity index (χ0v) is 9.56. The molecule has 0 fully saturated rings. The highest BCUT2D eigenvalue weighted by Gasteiger charge is 2.35. The van der Waals surface area contributed by atoms with Gasteiger partial charge >= 0.3 is 6.18 Å². The number of hydrogen-bond acceptors (Lipinski definition) is 1. The molecule has 18 heavy (non-hydrogen) atoms. The van der Waals surface area contributed by atoms with Crippen LogP contribution in [0.4, 0.5) is 17.6 Å². The van der Waals surface area contributed by atoms with E-state index in [9.17, 15) is 17.6 Å². The zero-order chi connectivity index (χ0) is 13.3. The van der Waals surface area contributed by atoms with Crippen LogP contribution < -0.4 is 0 Å². The Bertz CT molecular complexity index is 563. The number of benzene rings is 1. The number of rotatable bonds is 1. The van der Waals surface area contributed by atoms with Gasteiger partial charge in [-0.1, -0.05) is 23.7 Å². The Labute approximate surface area is 105 Å². The summed E-state index contributed by atoms with van der Waals surface area (Å²) in [5, 5.41) is -0.128. The lowest BCUT2D eigenvalue weighted by molar-refractivity contribution is -0.137. The maximum atomic E-state index is 12.8. The minimum Gasteiger partial charge on any atom is -0.263 e. The van der Waals surface area contributed by atoms with Gasteiger partial charge in [-0.25, -0.2) is 4.39 Å². The van der Waals surface area contributed by atoms with Gasteiger partial charge in [0.25, 0.3) is 0 Å². The van der Waals surface area contributed by atoms with E-state index in [0.717, 1.165) is 18.3 Å². The molecular weight excluding hydrogens is 270 g/mol. The molecule has 0 unspecified atom stereocenters. The second kappa shape index (κ2) is 4.57. The van der Waals surface area contributed by atoms with Crippen molar-refractivity contribution < 1.29 is 17.6 Å². The summed E-state index contributed by atoms with van der Waals surface area (Å²) in [7, 11) is 0. The predicted octanol–water partition coefficient (Wildman–Crippen LogP) is 4.56. The molecule has 0 spiro atoms. The minimum absolute atomic E-state index is 0.128. The van der Waals surface area contributed by atoms with E-state index in [1.54, 1.807) is 0 Å². The summed E-state index contributed by atoms with van der Waals surface area (Å²) in [6.07, 6.45) is -2.75. The van der Waals surface area contributed by atoms with E-state index in [1.165, 1.54) is 12.1 Å². The molecule has 94 valence electrons. The third kappa shape index (κ3) is 2.46. The summed E-state index contributed by atoms with van der Waals surface area (Å²) in [4.78, 5) is 3.43. The first-order valence-electron chi connectivity index (χ1n) is 4.86. The van der Waals surface area contributed by atoms with E-state index in [2.05, 4.69) is 4.98 Å². The van der Waals surface area contributed by atoms with E-state index in [-0.39, 0.29) is 16.1 Å². The van der Waals surface area contributed by atoms with E-state index >= 15 is 0 Å². The zero-order valence-electron chi connectivity index (χ0n) is 8.80. The number of pyridine rings is 1. The highest BCUT2D eigenvalue weighted by Crippen LogP contribution is 2.40. The summed E-state index contributed by atoms with van der Waals surface area (Å²) in [5.74, 6) is -0.530. The summed E-state index contributed by atoms with van der Waals surface area (Å²) in [5.41, 5.74) is -0.947. The quantitative estimate of drug-likeness (QED) is 0.695. The summed E-state index contributed by atoms with van der Waals surface area (Å²) < 4.78 is 51.2. The van der Waals surface area contributed by atoms with Crippen LogP contribution in [-0.4, -0.2) is 4.98 Å². The molecule has 2 rings (SSSR count). The van der Waals surface area contributed by atoms with Crippen LogP contribution in [0.3, 0.4) is 0 Å². The van der Waals surface area contributed by atoms with Crippen LogP contribution in [0.15, 0.2) is 36.7 Å². The van der Waals surface area contributed by atoms with E-state index < -0.39 is 17.6 Å².